The van der Waals surface area contributed by atoms with Crippen LogP contribution in [0, 0.1) is 11.8 Å². The third-order valence-corrected chi connectivity index (χ3v) is 4.43. The molecule has 0 aliphatic heterocycles. The summed E-state index contributed by atoms with van der Waals surface area (Å²) in [5.74, 6) is -2.11. The van der Waals surface area contributed by atoms with Crippen LogP contribution in [0.5, 0.6) is 0 Å². The van der Waals surface area contributed by atoms with Gasteiger partial charge < -0.3 is 9.84 Å². The minimum absolute atomic E-state index is 0.0540. The smallest absolute Gasteiger partial charge is 0.307 e. The standard InChI is InChI=1S/C20H34O4/c1-20(2,3)24-18(21)15-17(19(22)23)16-13-11-9-7-5-4-6-8-10-12-14-16/h11,13,16-17H,4-10,12,14-15H2,1-3H3,(H,22,23). The highest BCUT2D eigenvalue weighted by atomic mass is 16.6. The van der Waals surface area contributed by atoms with E-state index in [0.29, 0.717) is 0 Å². The SMILES string of the molecule is CC(C)(C)OC(=O)CC(C(=O)O)C1C=CCCCCCCCCC1. The molecule has 0 radical (unpaired) electrons. The maximum absolute atomic E-state index is 12.1. The van der Waals surface area contributed by atoms with E-state index in [2.05, 4.69) is 6.08 Å². The van der Waals surface area contributed by atoms with Crippen molar-refractivity contribution in [1.82, 2.24) is 0 Å². The van der Waals surface area contributed by atoms with Crippen LogP contribution in [0.2, 0.25) is 0 Å². The molecule has 2 atom stereocenters. The summed E-state index contributed by atoms with van der Waals surface area (Å²) in [7, 11) is 0. The number of hydrogen-bond donors (Lipinski definition) is 1. The van der Waals surface area contributed by atoms with E-state index in [4.69, 9.17) is 4.74 Å². The molecule has 1 N–H and O–H groups in total. The summed E-state index contributed by atoms with van der Waals surface area (Å²) in [6, 6.07) is 0. The molecule has 138 valence electrons. The van der Waals surface area contributed by atoms with E-state index in [-0.39, 0.29) is 12.3 Å². The Bertz CT molecular complexity index is 420. The second-order valence-electron chi connectivity index (χ2n) is 7.88. The Kier molecular flexibility index (Phi) is 9.09. The van der Waals surface area contributed by atoms with Crippen LogP contribution >= 0.6 is 0 Å². The lowest BCUT2D eigenvalue weighted by molar-refractivity contribution is -0.160. The maximum atomic E-state index is 12.1. The summed E-state index contributed by atoms with van der Waals surface area (Å²) in [5, 5.41) is 9.62. The molecule has 0 amide bonds. The molecule has 0 fully saturated rings. The first kappa shape index (κ1) is 20.7. The number of hydrogen-bond acceptors (Lipinski definition) is 3. The van der Waals surface area contributed by atoms with Crippen LogP contribution in [0.25, 0.3) is 0 Å². The predicted molar refractivity (Wildman–Crippen MR) is 95.8 cm³/mol. The third kappa shape index (κ3) is 9.09. The lowest BCUT2D eigenvalue weighted by atomic mass is 9.84. The van der Waals surface area contributed by atoms with Crippen LogP contribution in [0.4, 0.5) is 0 Å². The fourth-order valence-electron chi connectivity index (χ4n) is 3.21. The molecule has 24 heavy (non-hydrogen) atoms. The molecule has 0 aromatic rings. The molecule has 0 spiro atoms. The van der Waals surface area contributed by atoms with Crippen LogP contribution in [0.15, 0.2) is 12.2 Å². The molecule has 1 aliphatic carbocycles. The van der Waals surface area contributed by atoms with Gasteiger partial charge >= 0.3 is 11.9 Å². The van der Waals surface area contributed by atoms with E-state index >= 15 is 0 Å². The molecule has 0 bridgehead atoms. The number of rotatable bonds is 4. The lowest BCUT2D eigenvalue weighted by Gasteiger charge is -2.24. The number of aliphatic carboxylic acids is 1. The second-order valence-corrected chi connectivity index (χ2v) is 7.88. The van der Waals surface area contributed by atoms with Gasteiger partial charge in [0.25, 0.3) is 0 Å². The minimum Gasteiger partial charge on any atom is -0.481 e. The molecule has 0 heterocycles. The van der Waals surface area contributed by atoms with E-state index in [1.54, 1.807) is 20.8 Å². The zero-order chi connectivity index (χ0) is 18.0. The van der Waals surface area contributed by atoms with Gasteiger partial charge in [-0.1, -0.05) is 50.7 Å². The molecule has 1 rings (SSSR count). The van der Waals surface area contributed by atoms with Crippen molar-refractivity contribution in [3.8, 4) is 0 Å². The average Bonchev–Trinajstić information content (AvgIpc) is 2.43. The monoisotopic (exact) mass is 338 g/mol. The zero-order valence-electron chi connectivity index (χ0n) is 15.6. The highest BCUT2D eigenvalue weighted by Crippen LogP contribution is 2.27. The first-order valence-corrected chi connectivity index (χ1v) is 9.41. The summed E-state index contributed by atoms with van der Waals surface area (Å²) in [4.78, 5) is 23.8. The molecule has 0 aromatic carbocycles. The van der Waals surface area contributed by atoms with Crippen molar-refractivity contribution in [3.63, 3.8) is 0 Å². The fourth-order valence-corrected chi connectivity index (χ4v) is 3.21. The van der Waals surface area contributed by atoms with Crippen LogP contribution in [-0.4, -0.2) is 22.6 Å². The van der Waals surface area contributed by atoms with Crippen LogP contribution in [-0.2, 0) is 14.3 Å². The van der Waals surface area contributed by atoms with Gasteiger partial charge in [0.2, 0.25) is 0 Å². The Hall–Kier alpha value is -1.32. The summed E-state index contributed by atoms with van der Waals surface area (Å²) in [5.41, 5.74) is -0.581. The number of carboxylic acid groups (broad SMARTS) is 1. The molecule has 4 nitrogen and oxygen atoms in total. The number of carbonyl (C=O) groups excluding carboxylic acids is 1. The van der Waals surface area contributed by atoms with E-state index in [0.717, 1.165) is 32.1 Å². The van der Waals surface area contributed by atoms with Gasteiger partial charge in [0.05, 0.1) is 12.3 Å². The number of carbonyl (C=O) groups is 2. The van der Waals surface area contributed by atoms with Gasteiger partial charge in [0.15, 0.2) is 0 Å². The van der Waals surface area contributed by atoms with Crippen molar-refractivity contribution >= 4 is 11.9 Å². The van der Waals surface area contributed by atoms with E-state index in [1.165, 1.54) is 25.7 Å². The molecule has 0 aromatic heterocycles. The van der Waals surface area contributed by atoms with Gasteiger partial charge in [0.1, 0.15) is 5.60 Å². The predicted octanol–water partition coefficient (Wildman–Crippen LogP) is 5.12. The van der Waals surface area contributed by atoms with Gasteiger partial charge in [0, 0.05) is 0 Å². The number of allylic oxidation sites excluding steroid dienone is 2. The van der Waals surface area contributed by atoms with Gasteiger partial charge in [-0.15, -0.1) is 0 Å². The Morgan fingerprint density at radius 3 is 2.25 bits per heavy atom. The Labute approximate surface area is 146 Å². The molecule has 4 heteroatoms. The number of carboxylic acids is 1. The third-order valence-electron chi connectivity index (χ3n) is 4.43. The van der Waals surface area contributed by atoms with E-state index in [9.17, 15) is 14.7 Å². The largest absolute Gasteiger partial charge is 0.481 e. The van der Waals surface area contributed by atoms with Crippen molar-refractivity contribution in [3.05, 3.63) is 12.2 Å². The Morgan fingerprint density at radius 1 is 1.08 bits per heavy atom. The highest BCUT2D eigenvalue weighted by Gasteiger charge is 2.30. The number of ether oxygens (including phenoxy) is 1. The molecular weight excluding hydrogens is 304 g/mol. The Balaban J connectivity index is 2.74. The maximum Gasteiger partial charge on any atom is 0.307 e. The summed E-state index contributed by atoms with van der Waals surface area (Å²) in [6.07, 6.45) is 14.3. The number of esters is 1. The van der Waals surface area contributed by atoms with Gasteiger partial charge in [-0.3, -0.25) is 9.59 Å². The highest BCUT2D eigenvalue weighted by molar-refractivity contribution is 5.79. The first-order valence-electron chi connectivity index (χ1n) is 9.41. The normalized spacial score (nSPS) is 22.0. The first-order chi connectivity index (χ1) is 11.3. The van der Waals surface area contributed by atoms with Crippen LogP contribution in [0.1, 0.15) is 85.0 Å². The van der Waals surface area contributed by atoms with E-state index in [1.807, 2.05) is 6.08 Å². The van der Waals surface area contributed by atoms with Crippen molar-refractivity contribution in [1.29, 1.82) is 0 Å². The van der Waals surface area contributed by atoms with Crippen molar-refractivity contribution in [2.24, 2.45) is 11.8 Å². The van der Waals surface area contributed by atoms with Crippen molar-refractivity contribution < 1.29 is 19.4 Å². The molecule has 0 saturated carbocycles. The zero-order valence-corrected chi connectivity index (χ0v) is 15.6. The molecule has 2 unspecified atom stereocenters. The fraction of sp³-hybridized carbons (Fsp3) is 0.800. The van der Waals surface area contributed by atoms with Crippen molar-refractivity contribution in [2.45, 2.75) is 90.6 Å². The minimum atomic E-state index is -0.900. The van der Waals surface area contributed by atoms with Crippen LogP contribution < -0.4 is 0 Å². The summed E-state index contributed by atoms with van der Waals surface area (Å²) in [6.45, 7) is 5.41. The van der Waals surface area contributed by atoms with E-state index < -0.39 is 23.5 Å². The van der Waals surface area contributed by atoms with Gasteiger partial charge in [-0.05, 0) is 46.0 Å². The summed E-state index contributed by atoms with van der Waals surface area (Å²) >= 11 is 0. The molecular formula is C20H34O4. The Morgan fingerprint density at radius 2 is 1.67 bits per heavy atom. The molecule has 1 aliphatic rings. The van der Waals surface area contributed by atoms with Crippen LogP contribution in [0.3, 0.4) is 0 Å². The topological polar surface area (TPSA) is 63.6 Å². The average molecular weight is 338 g/mol. The summed E-state index contributed by atoms with van der Waals surface area (Å²) < 4.78 is 5.32. The van der Waals surface area contributed by atoms with Gasteiger partial charge in [-0.2, -0.15) is 0 Å². The van der Waals surface area contributed by atoms with Gasteiger partial charge in [-0.25, -0.2) is 0 Å². The quantitative estimate of drug-likeness (QED) is 0.571. The van der Waals surface area contributed by atoms with Crippen molar-refractivity contribution in [2.75, 3.05) is 0 Å². The lowest BCUT2D eigenvalue weighted by Crippen LogP contribution is -2.30. The molecule has 0 saturated heterocycles. The second kappa shape index (κ2) is 10.5.